The summed E-state index contributed by atoms with van der Waals surface area (Å²) in [7, 11) is 0. The van der Waals surface area contributed by atoms with Crippen molar-refractivity contribution in [1.82, 2.24) is 4.57 Å². The Balaban J connectivity index is 0.892. The first kappa shape index (κ1) is 46.1. The molecule has 6 nitrogen and oxygen atoms in total. The van der Waals surface area contributed by atoms with Crippen LogP contribution in [0.25, 0.3) is 94.3 Å². The molecule has 76 heavy (non-hydrogen) atoms. The lowest BCUT2D eigenvalue weighted by molar-refractivity contribution is 1.17. The van der Waals surface area contributed by atoms with Crippen LogP contribution in [0.5, 0.6) is 0 Å². The molecule has 0 aliphatic carbocycles. The van der Waals surface area contributed by atoms with Crippen molar-refractivity contribution in [2.75, 3.05) is 4.90 Å². The van der Waals surface area contributed by atoms with Gasteiger partial charge in [-0.1, -0.05) is 158 Å². The van der Waals surface area contributed by atoms with Crippen LogP contribution >= 0.6 is 0 Å². The molecule has 6 heteroatoms. The standard InChI is InChI=1S/C70H42N6/c71-43-59-29-27-55(39-61(59)45-73)51-19-11-47(12-20-51)49-15-23-53(24-16-49)57-31-37-69-67(41-57)68-42-58(54-25-17-50(18-26-54)48-13-21-52(22-14-48)56-28-30-60(44-72)62(40-56)46-74)32-38-70(68)76(69)66-35-33-65(34-36-66)75(63-7-3-1-4-8-63)64-9-5-2-6-10-64/h1-42H. The summed E-state index contributed by atoms with van der Waals surface area (Å²) in [4.78, 5) is 2.28. The Hall–Kier alpha value is -11.0. The second-order valence-corrected chi connectivity index (χ2v) is 18.6. The van der Waals surface area contributed by atoms with Gasteiger partial charge in [0.05, 0.1) is 33.3 Å². The average molecular weight is 967 g/mol. The minimum atomic E-state index is 0.373. The van der Waals surface area contributed by atoms with Gasteiger partial charge in [0.15, 0.2) is 0 Å². The molecule has 0 N–H and O–H groups in total. The molecular weight excluding hydrogens is 925 g/mol. The Morgan fingerprint density at radius 1 is 0.250 bits per heavy atom. The first-order valence-corrected chi connectivity index (χ1v) is 24.9. The summed E-state index contributed by atoms with van der Waals surface area (Å²) in [5.41, 5.74) is 20.6. The Morgan fingerprint density at radius 3 is 0.855 bits per heavy atom. The van der Waals surface area contributed by atoms with Crippen LogP contribution in [-0.4, -0.2) is 4.57 Å². The number of anilines is 3. The Kier molecular flexibility index (Phi) is 12.1. The minimum absolute atomic E-state index is 0.373. The number of hydrogen-bond acceptors (Lipinski definition) is 5. The third kappa shape index (κ3) is 8.68. The molecule has 0 radical (unpaired) electrons. The van der Waals surface area contributed by atoms with Crippen LogP contribution in [0, 0.1) is 45.3 Å². The number of nitriles is 4. The molecule has 0 amide bonds. The molecule has 0 saturated heterocycles. The lowest BCUT2D eigenvalue weighted by atomic mass is 9.96. The Bertz CT molecular complexity index is 4060. The topological polar surface area (TPSA) is 103 Å². The summed E-state index contributed by atoms with van der Waals surface area (Å²) < 4.78 is 2.37. The van der Waals surface area contributed by atoms with Crippen LogP contribution in [0.15, 0.2) is 255 Å². The van der Waals surface area contributed by atoms with E-state index in [0.717, 1.165) is 111 Å². The summed E-state index contributed by atoms with van der Waals surface area (Å²) in [6.45, 7) is 0. The van der Waals surface area contributed by atoms with E-state index in [1.54, 1.807) is 24.3 Å². The van der Waals surface area contributed by atoms with Crippen LogP contribution in [0.1, 0.15) is 22.3 Å². The van der Waals surface area contributed by atoms with Crippen molar-refractivity contribution < 1.29 is 0 Å². The zero-order valence-electron chi connectivity index (χ0n) is 40.9. The average Bonchev–Trinajstić information content (AvgIpc) is 3.84. The monoisotopic (exact) mass is 966 g/mol. The molecule has 12 aromatic rings. The third-order valence-electron chi connectivity index (χ3n) is 14.2. The minimum Gasteiger partial charge on any atom is -0.311 e. The second-order valence-electron chi connectivity index (χ2n) is 18.6. The maximum absolute atomic E-state index is 9.58. The fourth-order valence-electron chi connectivity index (χ4n) is 10.3. The second kappa shape index (κ2) is 19.9. The predicted molar refractivity (Wildman–Crippen MR) is 307 cm³/mol. The number of fused-ring (bicyclic) bond motifs is 3. The van der Waals surface area contributed by atoms with E-state index in [0.29, 0.717) is 22.3 Å². The molecule has 0 spiro atoms. The first-order valence-electron chi connectivity index (χ1n) is 24.9. The zero-order chi connectivity index (χ0) is 51.5. The Labute approximate surface area is 441 Å². The molecule has 0 saturated carbocycles. The zero-order valence-corrected chi connectivity index (χ0v) is 40.9. The van der Waals surface area contributed by atoms with Crippen molar-refractivity contribution in [3.05, 3.63) is 277 Å². The number of aromatic nitrogens is 1. The molecule has 12 rings (SSSR count). The molecule has 0 fully saturated rings. The van der Waals surface area contributed by atoms with E-state index in [1.165, 1.54) is 0 Å². The van der Waals surface area contributed by atoms with E-state index in [4.69, 9.17) is 0 Å². The quantitative estimate of drug-likeness (QED) is 0.136. The maximum atomic E-state index is 9.58. The number of rotatable bonds is 10. The van der Waals surface area contributed by atoms with Gasteiger partial charge in [0.1, 0.15) is 24.3 Å². The van der Waals surface area contributed by atoms with E-state index < -0.39 is 0 Å². The molecule has 0 atom stereocenters. The number of para-hydroxylation sites is 2. The highest BCUT2D eigenvalue weighted by Crippen LogP contribution is 2.40. The summed E-state index contributed by atoms with van der Waals surface area (Å²) in [5, 5.41) is 40.2. The van der Waals surface area contributed by atoms with Gasteiger partial charge in [-0.25, -0.2) is 0 Å². The molecule has 11 aromatic carbocycles. The van der Waals surface area contributed by atoms with Crippen LogP contribution in [0.2, 0.25) is 0 Å². The lowest BCUT2D eigenvalue weighted by Gasteiger charge is -2.25. The van der Waals surface area contributed by atoms with Gasteiger partial charge in [0.2, 0.25) is 0 Å². The normalized spacial score (nSPS) is 10.8. The van der Waals surface area contributed by atoms with E-state index in [9.17, 15) is 21.0 Å². The predicted octanol–water partition coefficient (Wildman–Crippen LogP) is 17.7. The molecule has 1 heterocycles. The summed E-state index contributed by atoms with van der Waals surface area (Å²) in [6.07, 6.45) is 0. The molecule has 0 unspecified atom stereocenters. The molecule has 352 valence electrons. The van der Waals surface area contributed by atoms with Gasteiger partial charge >= 0.3 is 0 Å². The largest absolute Gasteiger partial charge is 0.311 e. The first-order chi connectivity index (χ1) is 37.5. The van der Waals surface area contributed by atoms with Gasteiger partial charge in [-0.3, -0.25) is 0 Å². The highest BCUT2D eigenvalue weighted by atomic mass is 15.1. The van der Waals surface area contributed by atoms with Crippen molar-refractivity contribution in [3.8, 4) is 96.7 Å². The van der Waals surface area contributed by atoms with Gasteiger partial charge in [-0.2, -0.15) is 21.0 Å². The fraction of sp³-hybridized carbons (Fsp3) is 0. The van der Waals surface area contributed by atoms with E-state index in [2.05, 4.69) is 240 Å². The van der Waals surface area contributed by atoms with Crippen molar-refractivity contribution in [2.24, 2.45) is 0 Å². The molecule has 0 bridgehead atoms. The van der Waals surface area contributed by atoms with Crippen molar-refractivity contribution in [2.45, 2.75) is 0 Å². The van der Waals surface area contributed by atoms with Crippen LogP contribution < -0.4 is 4.90 Å². The smallest absolute Gasteiger partial charge is 0.101 e. The van der Waals surface area contributed by atoms with Crippen LogP contribution in [-0.2, 0) is 0 Å². The SMILES string of the molecule is N#Cc1ccc(-c2ccc(-c3ccc(-c4ccc5c(c4)c4cc(-c6ccc(-c7ccc(-c8ccc(C#N)c(C#N)c8)cc7)cc6)ccc4n5-c4ccc(N(c5ccccc5)c5ccccc5)cc4)cc3)cc2)cc1C#N. The highest BCUT2D eigenvalue weighted by molar-refractivity contribution is 6.11. The molecular formula is C70H42N6. The van der Waals surface area contributed by atoms with Gasteiger partial charge < -0.3 is 9.47 Å². The molecule has 0 aliphatic rings. The van der Waals surface area contributed by atoms with E-state index >= 15 is 0 Å². The third-order valence-corrected chi connectivity index (χ3v) is 14.2. The van der Waals surface area contributed by atoms with Gasteiger partial charge in [-0.15, -0.1) is 0 Å². The van der Waals surface area contributed by atoms with Crippen LogP contribution in [0.4, 0.5) is 17.1 Å². The molecule has 0 aliphatic heterocycles. The van der Waals surface area contributed by atoms with Gasteiger partial charge in [0.25, 0.3) is 0 Å². The highest BCUT2D eigenvalue weighted by Gasteiger charge is 2.18. The number of benzene rings is 11. The lowest BCUT2D eigenvalue weighted by Crippen LogP contribution is -2.09. The van der Waals surface area contributed by atoms with E-state index in [-0.39, 0.29) is 0 Å². The van der Waals surface area contributed by atoms with Crippen molar-refractivity contribution in [3.63, 3.8) is 0 Å². The summed E-state index contributed by atoms with van der Waals surface area (Å²) >= 11 is 0. The van der Waals surface area contributed by atoms with Gasteiger partial charge in [0, 0.05) is 33.5 Å². The number of nitrogens with zero attached hydrogens (tertiary/aromatic N) is 6. The van der Waals surface area contributed by atoms with Gasteiger partial charge in [-0.05, 0) is 164 Å². The maximum Gasteiger partial charge on any atom is 0.101 e. The van der Waals surface area contributed by atoms with Crippen molar-refractivity contribution >= 4 is 38.9 Å². The summed E-state index contributed by atoms with van der Waals surface area (Å²) in [6, 6.07) is 96.6. The summed E-state index contributed by atoms with van der Waals surface area (Å²) in [5.74, 6) is 0. The van der Waals surface area contributed by atoms with E-state index in [1.807, 2.05) is 24.3 Å². The van der Waals surface area contributed by atoms with Crippen LogP contribution in [0.3, 0.4) is 0 Å². The van der Waals surface area contributed by atoms with Crippen molar-refractivity contribution in [1.29, 1.82) is 21.0 Å². The Morgan fingerprint density at radius 2 is 0.526 bits per heavy atom. The number of hydrogen-bond donors (Lipinski definition) is 0. The molecule has 1 aromatic heterocycles. The fourth-order valence-corrected chi connectivity index (χ4v) is 10.3.